The largest absolute Gasteiger partial charge is 0.493 e. The van der Waals surface area contributed by atoms with Gasteiger partial charge >= 0.3 is 5.97 Å². The second-order valence-electron chi connectivity index (χ2n) is 8.84. The van der Waals surface area contributed by atoms with Gasteiger partial charge in [0.15, 0.2) is 11.5 Å². The molecule has 0 amide bonds. The van der Waals surface area contributed by atoms with Crippen molar-refractivity contribution in [1.29, 1.82) is 0 Å². The first-order chi connectivity index (χ1) is 18.5. The zero-order chi connectivity index (χ0) is 26.6. The lowest BCUT2D eigenvalue weighted by atomic mass is 9.98. The van der Waals surface area contributed by atoms with Crippen LogP contribution in [-0.2, 0) is 27.2 Å². The summed E-state index contributed by atoms with van der Waals surface area (Å²) in [6.07, 6.45) is 4.26. The Morgan fingerprint density at radius 1 is 1.11 bits per heavy atom. The van der Waals surface area contributed by atoms with Crippen LogP contribution in [0.25, 0.3) is 5.69 Å². The Morgan fingerprint density at radius 2 is 1.97 bits per heavy atom. The second-order valence-corrected chi connectivity index (χ2v) is 9.28. The van der Waals surface area contributed by atoms with E-state index in [0.717, 1.165) is 28.2 Å². The number of esters is 1. The molecule has 0 spiro atoms. The molecule has 0 unspecified atom stereocenters. The van der Waals surface area contributed by atoms with Crippen LogP contribution >= 0.6 is 11.6 Å². The molecule has 2 aromatic heterocycles. The van der Waals surface area contributed by atoms with E-state index in [4.69, 9.17) is 30.5 Å². The van der Waals surface area contributed by atoms with Gasteiger partial charge in [-0.2, -0.15) is 0 Å². The zero-order valence-corrected chi connectivity index (χ0v) is 22.2. The van der Waals surface area contributed by atoms with Crippen LogP contribution in [0.5, 0.6) is 11.5 Å². The predicted molar refractivity (Wildman–Crippen MR) is 141 cm³/mol. The summed E-state index contributed by atoms with van der Waals surface area (Å²) < 4.78 is 26.9. The minimum atomic E-state index is -0.474. The highest BCUT2D eigenvalue weighted by Gasteiger charge is 2.33. The number of hydrogen-bond acceptors (Lipinski definition) is 7. The molecule has 0 radical (unpaired) electrons. The number of halogens is 1. The maximum atomic E-state index is 11.8. The number of nitrogens with zero attached hydrogens (tertiary/aromatic N) is 4. The molecule has 5 rings (SSSR count). The number of fused-ring (bicyclic) bond motifs is 3. The van der Waals surface area contributed by atoms with Gasteiger partial charge in [0.05, 0.1) is 44.0 Å². The van der Waals surface area contributed by atoms with Crippen molar-refractivity contribution in [2.45, 2.75) is 38.5 Å². The number of carbonyl (C=O) groups excluding carboxylic acids is 1. The third-order valence-electron chi connectivity index (χ3n) is 6.50. The van der Waals surface area contributed by atoms with Crippen LogP contribution in [0.3, 0.4) is 0 Å². The predicted octanol–water partition coefficient (Wildman–Crippen LogP) is 5.10. The molecule has 1 aliphatic heterocycles. The van der Waals surface area contributed by atoms with Crippen LogP contribution < -0.4 is 9.47 Å². The fraction of sp³-hybridized carbons (Fsp3) is 0.321. The fourth-order valence-electron chi connectivity index (χ4n) is 4.86. The number of benzene rings is 2. The molecule has 1 aliphatic rings. The number of ether oxygens (including phenoxy) is 4. The number of para-hydroxylation sites is 1. The van der Waals surface area contributed by atoms with Crippen LogP contribution in [-0.4, -0.2) is 46.4 Å². The Balaban J connectivity index is 1.49. The number of carbonyl (C=O) groups is 1. The first kappa shape index (κ1) is 25.8. The van der Waals surface area contributed by atoms with Gasteiger partial charge in [-0.1, -0.05) is 28.9 Å². The highest BCUT2D eigenvalue weighted by Crippen LogP contribution is 2.46. The van der Waals surface area contributed by atoms with E-state index in [1.54, 1.807) is 27.3 Å². The summed E-state index contributed by atoms with van der Waals surface area (Å²) in [5, 5.41) is 8.94. The normalized spacial score (nSPS) is 16.3. The molecule has 9 nitrogen and oxygen atoms in total. The van der Waals surface area contributed by atoms with Crippen molar-refractivity contribution >= 4 is 17.6 Å². The molecule has 2 atom stereocenters. The van der Waals surface area contributed by atoms with Crippen molar-refractivity contribution in [2.75, 3.05) is 20.8 Å². The topological polar surface area (TPSA) is 89.6 Å². The van der Waals surface area contributed by atoms with Crippen LogP contribution in [0.1, 0.15) is 48.1 Å². The quantitative estimate of drug-likeness (QED) is 0.275. The van der Waals surface area contributed by atoms with E-state index in [1.807, 2.05) is 48.7 Å². The van der Waals surface area contributed by atoms with Crippen molar-refractivity contribution < 1.29 is 23.7 Å². The molecule has 4 aromatic rings. The maximum absolute atomic E-state index is 11.8. The Hall–Kier alpha value is -3.82. The number of rotatable bonds is 9. The van der Waals surface area contributed by atoms with Gasteiger partial charge in [-0.05, 0) is 56.2 Å². The molecule has 198 valence electrons. The fourth-order valence-corrected chi connectivity index (χ4v) is 5.04. The molecule has 2 aromatic carbocycles. The summed E-state index contributed by atoms with van der Waals surface area (Å²) in [6, 6.07) is 15.7. The number of methoxy groups -OCH3 is 2. The van der Waals surface area contributed by atoms with E-state index in [1.165, 1.54) is 4.68 Å². The number of aryl methyl sites for hydroxylation is 1. The SMILES string of the molecule is CCOC(=O)Cn1cc(CC[C@H]2O[C@H](c3cccc(OC)c3OC)c3cc(Cl)ccc3-n3cccc32)nn1. The zero-order valence-electron chi connectivity index (χ0n) is 21.5. The van der Waals surface area contributed by atoms with E-state index in [2.05, 4.69) is 20.9 Å². The van der Waals surface area contributed by atoms with Gasteiger partial charge in [0.1, 0.15) is 12.6 Å². The van der Waals surface area contributed by atoms with Gasteiger partial charge < -0.3 is 23.5 Å². The van der Waals surface area contributed by atoms with Crippen LogP contribution in [0.4, 0.5) is 0 Å². The minimum absolute atomic E-state index is 0.0252. The standard InChI is InChI=1S/C28H29ClN4O5/c1-4-37-26(34)17-32-16-19(30-31-32)11-13-24-23-8-6-14-33(23)22-12-10-18(29)15-21(22)27(38-24)20-7-5-9-25(35-2)28(20)36-3/h5-10,12,14-16,24,27H,4,11,13,17H2,1-3H3/t24-,27-/m1/s1. The molecular formula is C28H29ClN4O5. The lowest BCUT2D eigenvalue weighted by Crippen LogP contribution is -2.13. The molecule has 0 saturated heterocycles. The lowest BCUT2D eigenvalue weighted by molar-refractivity contribution is -0.144. The van der Waals surface area contributed by atoms with Gasteiger partial charge in [-0.3, -0.25) is 4.79 Å². The number of aromatic nitrogens is 4. The average Bonchev–Trinajstić information content (AvgIpc) is 3.56. The summed E-state index contributed by atoms with van der Waals surface area (Å²) in [4.78, 5) is 11.8. The van der Waals surface area contributed by atoms with E-state index >= 15 is 0 Å². The molecule has 0 bridgehead atoms. The molecule has 10 heteroatoms. The van der Waals surface area contributed by atoms with Crippen LogP contribution in [0.2, 0.25) is 5.02 Å². The van der Waals surface area contributed by atoms with E-state index < -0.39 is 6.10 Å². The van der Waals surface area contributed by atoms with E-state index in [0.29, 0.717) is 36.0 Å². The van der Waals surface area contributed by atoms with Crippen molar-refractivity contribution in [2.24, 2.45) is 0 Å². The number of hydrogen-bond donors (Lipinski definition) is 0. The average molecular weight is 537 g/mol. The van der Waals surface area contributed by atoms with Gasteiger partial charge in [-0.15, -0.1) is 5.10 Å². The first-order valence-corrected chi connectivity index (χ1v) is 12.8. The molecule has 0 aliphatic carbocycles. The molecule has 3 heterocycles. The highest BCUT2D eigenvalue weighted by atomic mass is 35.5. The van der Waals surface area contributed by atoms with Crippen molar-refractivity contribution in [1.82, 2.24) is 19.6 Å². The van der Waals surface area contributed by atoms with Crippen molar-refractivity contribution in [3.05, 3.63) is 88.5 Å². The van der Waals surface area contributed by atoms with Gasteiger partial charge in [-0.25, -0.2) is 4.68 Å². The summed E-state index contributed by atoms with van der Waals surface area (Å²) in [5.74, 6) is 0.884. The van der Waals surface area contributed by atoms with E-state index in [-0.39, 0.29) is 18.6 Å². The maximum Gasteiger partial charge on any atom is 0.327 e. The summed E-state index contributed by atoms with van der Waals surface area (Å²) >= 11 is 6.48. The first-order valence-electron chi connectivity index (χ1n) is 12.4. The highest BCUT2D eigenvalue weighted by molar-refractivity contribution is 6.30. The molecule has 0 N–H and O–H groups in total. The Morgan fingerprint density at radius 3 is 2.76 bits per heavy atom. The molecule has 0 saturated carbocycles. The Kier molecular flexibility index (Phi) is 7.67. The van der Waals surface area contributed by atoms with Crippen LogP contribution in [0, 0.1) is 0 Å². The summed E-state index contributed by atoms with van der Waals surface area (Å²) in [7, 11) is 3.24. The smallest absolute Gasteiger partial charge is 0.327 e. The van der Waals surface area contributed by atoms with Gasteiger partial charge in [0, 0.05) is 28.5 Å². The van der Waals surface area contributed by atoms with E-state index in [9.17, 15) is 4.79 Å². The third-order valence-corrected chi connectivity index (χ3v) is 6.74. The van der Waals surface area contributed by atoms with Crippen molar-refractivity contribution in [3.8, 4) is 17.2 Å². The second kappa shape index (κ2) is 11.3. The Labute approximate surface area is 225 Å². The summed E-state index contributed by atoms with van der Waals surface area (Å²) in [6.45, 7) is 2.12. The molecular weight excluding hydrogens is 508 g/mol. The molecule has 0 fully saturated rings. The monoisotopic (exact) mass is 536 g/mol. The lowest BCUT2D eigenvalue weighted by Gasteiger charge is -2.25. The third kappa shape index (κ3) is 5.12. The molecule has 38 heavy (non-hydrogen) atoms. The van der Waals surface area contributed by atoms with Crippen LogP contribution in [0.15, 0.2) is 60.9 Å². The Bertz CT molecular complexity index is 1430. The van der Waals surface area contributed by atoms with Gasteiger partial charge in [0.25, 0.3) is 0 Å². The minimum Gasteiger partial charge on any atom is -0.493 e. The summed E-state index contributed by atoms with van der Waals surface area (Å²) in [5.41, 5.74) is 4.51. The van der Waals surface area contributed by atoms with Crippen molar-refractivity contribution in [3.63, 3.8) is 0 Å². The van der Waals surface area contributed by atoms with Gasteiger partial charge in [0.2, 0.25) is 0 Å².